The molecule has 0 aliphatic rings. The van der Waals surface area contributed by atoms with Gasteiger partial charge in [0.05, 0.1) is 25.3 Å². The Hall–Kier alpha value is -1.93. The molecule has 0 fully saturated rings. The highest BCUT2D eigenvalue weighted by Crippen LogP contribution is 2.31. The zero-order valence-electron chi connectivity index (χ0n) is 16.7. The van der Waals surface area contributed by atoms with Gasteiger partial charge in [-0.15, -0.1) is 11.3 Å². The predicted molar refractivity (Wildman–Crippen MR) is 108 cm³/mol. The van der Waals surface area contributed by atoms with Crippen molar-refractivity contribution in [2.75, 3.05) is 31.6 Å². The molecular weight excluding hydrogens is 366 g/mol. The molecule has 0 bridgehead atoms. The van der Waals surface area contributed by atoms with E-state index >= 15 is 0 Å². The lowest BCUT2D eigenvalue weighted by Gasteiger charge is -2.19. The van der Waals surface area contributed by atoms with Crippen molar-refractivity contribution in [3.8, 4) is 0 Å². The largest absolute Gasteiger partial charge is 0.462 e. The fourth-order valence-electron chi connectivity index (χ4n) is 2.69. The molecule has 2 amide bonds. The van der Waals surface area contributed by atoms with Crippen LogP contribution in [0.15, 0.2) is 5.38 Å². The normalized spacial score (nSPS) is 11.0. The maximum absolute atomic E-state index is 12.5. The monoisotopic (exact) mass is 397 g/mol. The average Bonchev–Trinajstić information content (AvgIpc) is 2.93. The molecule has 7 nitrogen and oxygen atoms in total. The van der Waals surface area contributed by atoms with Gasteiger partial charge in [0.25, 0.3) is 0 Å². The first-order valence-electron chi connectivity index (χ1n) is 9.36. The highest BCUT2D eigenvalue weighted by Gasteiger charge is 2.23. The van der Waals surface area contributed by atoms with Gasteiger partial charge in [0, 0.05) is 0 Å². The maximum atomic E-state index is 12.5. The van der Waals surface area contributed by atoms with Crippen LogP contribution in [0.1, 0.15) is 56.5 Å². The van der Waals surface area contributed by atoms with Gasteiger partial charge in [0.15, 0.2) is 0 Å². The van der Waals surface area contributed by atoms with Gasteiger partial charge >= 0.3 is 5.97 Å². The molecule has 0 saturated heterocycles. The molecule has 0 atom stereocenters. The van der Waals surface area contributed by atoms with Crippen LogP contribution in [-0.2, 0) is 20.7 Å². The number of hydrogen-bond donors (Lipinski definition) is 2. The smallest absolute Gasteiger partial charge is 0.341 e. The number of nitrogens with zero attached hydrogens (tertiary/aromatic N) is 1. The Labute approximate surface area is 165 Å². The fourth-order valence-corrected chi connectivity index (χ4v) is 3.67. The number of nitrogens with two attached hydrogens (primary N) is 1. The summed E-state index contributed by atoms with van der Waals surface area (Å²) in [5, 5.41) is 5.19. The van der Waals surface area contributed by atoms with E-state index in [0.29, 0.717) is 23.0 Å². The number of unbranched alkanes of at least 4 members (excludes halogenated alkanes) is 1. The van der Waals surface area contributed by atoms with Gasteiger partial charge in [-0.25, -0.2) is 4.79 Å². The lowest BCUT2D eigenvalue weighted by Crippen LogP contribution is -2.39. The SMILES string of the molecule is CCCCN(CC(N)=O)CC(=O)Nc1scc(CC(C)C)c1C(=O)OCC. The van der Waals surface area contributed by atoms with Gasteiger partial charge in [-0.2, -0.15) is 0 Å². The maximum Gasteiger partial charge on any atom is 0.341 e. The molecule has 0 aliphatic carbocycles. The van der Waals surface area contributed by atoms with E-state index in [4.69, 9.17) is 10.5 Å². The van der Waals surface area contributed by atoms with Crippen LogP contribution in [0, 0.1) is 5.92 Å². The number of anilines is 1. The quantitative estimate of drug-likeness (QED) is 0.528. The molecule has 0 saturated carbocycles. The third-order valence-corrected chi connectivity index (χ3v) is 4.75. The van der Waals surface area contributed by atoms with Crippen molar-refractivity contribution in [2.24, 2.45) is 11.7 Å². The number of thiophene rings is 1. The van der Waals surface area contributed by atoms with Crippen LogP contribution in [0.4, 0.5) is 5.00 Å². The van der Waals surface area contributed by atoms with Crippen molar-refractivity contribution in [1.82, 2.24) is 4.90 Å². The van der Waals surface area contributed by atoms with E-state index in [1.165, 1.54) is 11.3 Å². The van der Waals surface area contributed by atoms with Crippen LogP contribution in [0.3, 0.4) is 0 Å². The number of primary amides is 1. The second kappa shape index (κ2) is 11.7. The van der Waals surface area contributed by atoms with Gasteiger partial charge in [-0.1, -0.05) is 27.2 Å². The molecule has 152 valence electrons. The van der Waals surface area contributed by atoms with Crippen LogP contribution in [0.5, 0.6) is 0 Å². The highest BCUT2D eigenvalue weighted by atomic mass is 32.1. The molecule has 0 aromatic carbocycles. The number of hydrogen-bond acceptors (Lipinski definition) is 6. The van der Waals surface area contributed by atoms with Gasteiger partial charge in [-0.05, 0) is 43.2 Å². The molecule has 3 N–H and O–H groups in total. The van der Waals surface area contributed by atoms with E-state index < -0.39 is 11.9 Å². The first-order chi connectivity index (χ1) is 12.8. The summed E-state index contributed by atoms with van der Waals surface area (Å²) in [6.07, 6.45) is 2.55. The molecule has 1 aromatic rings. The molecule has 27 heavy (non-hydrogen) atoms. The molecule has 0 aliphatic heterocycles. The number of carbonyl (C=O) groups excluding carboxylic acids is 3. The molecule has 0 radical (unpaired) electrons. The van der Waals surface area contributed by atoms with Gasteiger partial charge in [0.2, 0.25) is 11.8 Å². The van der Waals surface area contributed by atoms with Crippen LogP contribution in [0.25, 0.3) is 0 Å². The van der Waals surface area contributed by atoms with Crippen LogP contribution < -0.4 is 11.1 Å². The Morgan fingerprint density at radius 1 is 1.26 bits per heavy atom. The fraction of sp³-hybridized carbons (Fsp3) is 0.632. The summed E-state index contributed by atoms with van der Waals surface area (Å²) >= 11 is 1.32. The number of carbonyl (C=O) groups is 3. The van der Waals surface area contributed by atoms with Crippen LogP contribution >= 0.6 is 11.3 Å². The van der Waals surface area contributed by atoms with Crippen molar-refractivity contribution in [3.05, 3.63) is 16.5 Å². The number of rotatable bonds is 12. The number of nitrogens with one attached hydrogen (secondary N) is 1. The van der Waals surface area contributed by atoms with E-state index in [1.54, 1.807) is 11.8 Å². The molecule has 0 spiro atoms. The number of ether oxygens (including phenoxy) is 1. The molecular formula is C19H31N3O4S. The lowest BCUT2D eigenvalue weighted by atomic mass is 10.0. The first-order valence-corrected chi connectivity index (χ1v) is 10.2. The minimum Gasteiger partial charge on any atom is -0.462 e. The molecule has 1 heterocycles. The summed E-state index contributed by atoms with van der Waals surface area (Å²) in [5.74, 6) is -0.807. The van der Waals surface area contributed by atoms with Gasteiger partial charge < -0.3 is 15.8 Å². The highest BCUT2D eigenvalue weighted by molar-refractivity contribution is 7.15. The van der Waals surface area contributed by atoms with Gasteiger partial charge in [0.1, 0.15) is 5.00 Å². The third kappa shape index (κ3) is 8.09. The van der Waals surface area contributed by atoms with Crippen molar-refractivity contribution in [3.63, 3.8) is 0 Å². The predicted octanol–water partition coefficient (Wildman–Crippen LogP) is 2.65. The zero-order valence-corrected chi connectivity index (χ0v) is 17.5. The van der Waals surface area contributed by atoms with E-state index in [2.05, 4.69) is 19.2 Å². The van der Waals surface area contributed by atoms with E-state index in [0.717, 1.165) is 24.8 Å². The van der Waals surface area contributed by atoms with E-state index in [-0.39, 0.29) is 25.6 Å². The molecule has 1 aromatic heterocycles. The van der Waals surface area contributed by atoms with Crippen molar-refractivity contribution >= 4 is 34.1 Å². The summed E-state index contributed by atoms with van der Waals surface area (Å²) in [7, 11) is 0. The lowest BCUT2D eigenvalue weighted by molar-refractivity contribution is -0.121. The Morgan fingerprint density at radius 2 is 1.96 bits per heavy atom. The Kier molecular flexibility index (Phi) is 10.0. The van der Waals surface area contributed by atoms with Crippen molar-refractivity contribution in [1.29, 1.82) is 0 Å². The van der Waals surface area contributed by atoms with Crippen LogP contribution in [-0.4, -0.2) is 48.9 Å². The summed E-state index contributed by atoms with van der Waals surface area (Å²) in [6, 6.07) is 0. The third-order valence-electron chi connectivity index (χ3n) is 3.80. The average molecular weight is 398 g/mol. The molecule has 8 heteroatoms. The minimum absolute atomic E-state index is 0.0290. The summed E-state index contributed by atoms with van der Waals surface area (Å²) in [4.78, 5) is 37.8. The first kappa shape index (κ1) is 23.1. The Balaban J connectivity index is 2.91. The van der Waals surface area contributed by atoms with E-state index in [1.807, 2.05) is 12.3 Å². The van der Waals surface area contributed by atoms with Gasteiger partial charge in [-0.3, -0.25) is 14.5 Å². The number of esters is 1. The second-order valence-electron chi connectivity index (χ2n) is 6.86. The Morgan fingerprint density at radius 3 is 2.52 bits per heavy atom. The topological polar surface area (TPSA) is 102 Å². The standard InChI is InChI=1S/C19H31N3O4S/c1-5-7-8-22(10-15(20)23)11-16(24)21-18-17(19(25)26-6-2)14(12-27-18)9-13(3)4/h12-13H,5-11H2,1-4H3,(H2,20,23)(H,21,24). The number of amides is 2. The summed E-state index contributed by atoms with van der Waals surface area (Å²) in [6.45, 7) is 8.88. The second-order valence-corrected chi connectivity index (χ2v) is 7.74. The van der Waals surface area contributed by atoms with Crippen molar-refractivity contribution < 1.29 is 19.1 Å². The van der Waals surface area contributed by atoms with Crippen molar-refractivity contribution in [2.45, 2.75) is 47.0 Å². The Bertz CT molecular complexity index is 643. The minimum atomic E-state index is -0.471. The molecule has 0 unspecified atom stereocenters. The summed E-state index contributed by atoms with van der Waals surface area (Å²) < 4.78 is 5.16. The molecule has 1 rings (SSSR count). The van der Waals surface area contributed by atoms with Crippen LogP contribution in [0.2, 0.25) is 0 Å². The zero-order chi connectivity index (χ0) is 20.4. The van der Waals surface area contributed by atoms with E-state index in [9.17, 15) is 14.4 Å². The summed E-state index contributed by atoms with van der Waals surface area (Å²) in [5.41, 5.74) is 6.58.